The predicted octanol–water partition coefficient (Wildman–Crippen LogP) is 2.74. The van der Waals surface area contributed by atoms with Gasteiger partial charge in [-0.15, -0.1) is 0 Å². The summed E-state index contributed by atoms with van der Waals surface area (Å²) in [6, 6.07) is 10.9. The van der Waals surface area contributed by atoms with Gasteiger partial charge in [0.2, 0.25) is 0 Å². The molecule has 2 aromatic carbocycles. The minimum Gasteiger partial charge on any atom is -0.504 e. The van der Waals surface area contributed by atoms with E-state index >= 15 is 0 Å². The van der Waals surface area contributed by atoms with Crippen LogP contribution in [-0.4, -0.2) is 49.9 Å². The zero-order valence-corrected chi connectivity index (χ0v) is 16.4. The van der Waals surface area contributed by atoms with Gasteiger partial charge in [0.15, 0.2) is 11.5 Å². The largest absolute Gasteiger partial charge is 0.504 e. The van der Waals surface area contributed by atoms with E-state index in [2.05, 4.69) is 0 Å². The minimum atomic E-state index is -0.0936. The Kier molecular flexibility index (Phi) is 6.26. The molecule has 1 saturated heterocycles. The van der Waals surface area contributed by atoms with Crippen LogP contribution >= 0.6 is 0 Å². The molecule has 0 saturated carbocycles. The van der Waals surface area contributed by atoms with Crippen molar-refractivity contribution in [2.24, 2.45) is 5.73 Å². The molecule has 1 fully saturated rings. The first kappa shape index (κ1) is 19.8. The molecule has 3 N–H and O–H groups in total. The van der Waals surface area contributed by atoms with Crippen molar-refractivity contribution >= 4 is 11.7 Å². The molecule has 1 aliphatic rings. The van der Waals surface area contributed by atoms with Crippen LogP contribution in [-0.2, 0) is 13.0 Å². The second-order valence-electron chi connectivity index (χ2n) is 6.75. The van der Waals surface area contributed by atoms with Crippen LogP contribution < -0.4 is 20.1 Å². The van der Waals surface area contributed by atoms with Crippen LogP contribution in [0.3, 0.4) is 0 Å². The fourth-order valence-electron chi connectivity index (χ4n) is 3.46. The molecule has 0 aliphatic carbocycles. The Labute approximate surface area is 165 Å². The van der Waals surface area contributed by atoms with E-state index in [0.717, 1.165) is 29.7 Å². The summed E-state index contributed by atoms with van der Waals surface area (Å²) in [5.74, 6) is 1.16. The Hall–Kier alpha value is -2.93. The summed E-state index contributed by atoms with van der Waals surface area (Å²) in [4.78, 5) is 16.5. The quantitative estimate of drug-likeness (QED) is 0.765. The van der Waals surface area contributed by atoms with Gasteiger partial charge < -0.3 is 25.2 Å². The molecule has 28 heavy (non-hydrogen) atoms. The predicted molar refractivity (Wildman–Crippen MR) is 108 cm³/mol. The van der Waals surface area contributed by atoms with Gasteiger partial charge in [0.1, 0.15) is 5.75 Å². The van der Waals surface area contributed by atoms with Crippen LogP contribution in [0.25, 0.3) is 0 Å². The van der Waals surface area contributed by atoms with Gasteiger partial charge in [-0.3, -0.25) is 4.90 Å². The molecule has 0 spiro atoms. The number of nitrogens with zero attached hydrogens (tertiary/aromatic N) is 2. The third kappa shape index (κ3) is 4.14. The minimum absolute atomic E-state index is 0.0158. The Bertz CT molecular complexity index is 840. The van der Waals surface area contributed by atoms with E-state index < -0.39 is 0 Å². The molecule has 0 unspecified atom stereocenters. The Morgan fingerprint density at radius 3 is 2.54 bits per heavy atom. The van der Waals surface area contributed by atoms with Crippen molar-refractivity contribution in [3.63, 3.8) is 0 Å². The summed E-state index contributed by atoms with van der Waals surface area (Å²) in [6.45, 7) is 2.32. The Balaban J connectivity index is 1.78. The number of rotatable bonds is 7. The van der Waals surface area contributed by atoms with E-state index in [4.69, 9.17) is 15.2 Å². The lowest BCUT2D eigenvalue weighted by Gasteiger charge is -2.36. The lowest BCUT2D eigenvalue weighted by atomic mass is 10.1. The smallest absolute Gasteiger partial charge is 0.324 e. The average molecular weight is 385 g/mol. The van der Waals surface area contributed by atoms with Crippen LogP contribution in [0, 0.1) is 0 Å². The number of methoxy groups -OCH3 is 2. The number of hydrogen-bond acceptors (Lipinski definition) is 5. The summed E-state index contributed by atoms with van der Waals surface area (Å²) >= 11 is 0. The highest BCUT2D eigenvalue weighted by molar-refractivity contribution is 5.93. The number of phenolic OH excluding ortho intramolecular Hbond substituents is 1. The molecule has 2 aromatic rings. The van der Waals surface area contributed by atoms with Gasteiger partial charge in [0, 0.05) is 30.4 Å². The molecule has 0 radical (unpaired) electrons. The molecule has 3 rings (SSSR count). The number of anilines is 1. The summed E-state index contributed by atoms with van der Waals surface area (Å²) in [5.41, 5.74) is 8.35. The zero-order chi connectivity index (χ0) is 20.1. The number of urea groups is 1. The monoisotopic (exact) mass is 385 g/mol. The van der Waals surface area contributed by atoms with Gasteiger partial charge in [0.25, 0.3) is 0 Å². The van der Waals surface area contributed by atoms with E-state index in [9.17, 15) is 9.90 Å². The lowest BCUT2D eigenvalue weighted by Crippen LogP contribution is -2.49. The molecule has 0 atom stereocenters. The SMILES string of the molecule is COc1ccc(N2CCCN(Cc3ccc(CCN)cc3OC)C2=O)cc1O. The van der Waals surface area contributed by atoms with Crippen molar-refractivity contribution in [1.82, 2.24) is 4.90 Å². The summed E-state index contributed by atoms with van der Waals surface area (Å²) < 4.78 is 10.6. The maximum atomic E-state index is 13.0. The molecular formula is C21H27N3O4. The number of hydrogen-bond donors (Lipinski definition) is 2. The molecule has 2 amide bonds. The normalized spacial score (nSPS) is 14.3. The van der Waals surface area contributed by atoms with Crippen LogP contribution in [0.5, 0.6) is 17.2 Å². The molecule has 7 heteroatoms. The first-order valence-electron chi connectivity index (χ1n) is 9.36. The maximum Gasteiger partial charge on any atom is 0.324 e. The topological polar surface area (TPSA) is 88.3 Å². The lowest BCUT2D eigenvalue weighted by molar-refractivity contribution is 0.192. The van der Waals surface area contributed by atoms with E-state index in [0.29, 0.717) is 37.6 Å². The molecule has 1 heterocycles. The number of aromatic hydroxyl groups is 1. The van der Waals surface area contributed by atoms with Crippen molar-refractivity contribution in [1.29, 1.82) is 0 Å². The molecule has 0 bridgehead atoms. The van der Waals surface area contributed by atoms with E-state index in [-0.39, 0.29) is 11.8 Å². The van der Waals surface area contributed by atoms with Crippen LogP contribution in [0.1, 0.15) is 17.5 Å². The van der Waals surface area contributed by atoms with Crippen molar-refractivity contribution in [2.45, 2.75) is 19.4 Å². The summed E-state index contributed by atoms with van der Waals surface area (Å²) in [5, 5.41) is 10.0. The highest BCUT2D eigenvalue weighted by Crippen LogP contribution is 2.32. The number of amides is 2. The van der Waals surface area contributed by atoms with Crippen molar-refractivity contribution < 1.29 is 19.4 Å². The first-order chi connectivity index (χ1) is 13.6. The average Bonchev–Trinajstić information content (AvgIpc) is 2.70. The van der Waals surface area contributed by atoms with Gasteiger partial charge >= 0.3 is 6.03 Å². The van der Waals surface area contributed by atoms with E-state index in [1.54, 1.807) is 35.1 Å². The Morgan fingerprint density at radius 1 is 1.07 bits per heavy atom. The molecule has 150 valence electrons. The second kappa shape index (κ2) is 8.84. The fraction of sp³-hybridized carbons (Fsp3) is 0.381. The zero-order valence-electron chi connectivity index (χ0n) is 16.4. The van der Waals surface area contributed by atoms with Crippen molar-refractivity contribution in [3.05, 3.63) is 47.5 Å². The van der Waals surface area contributed by atoms with Gasteiger partial charge in [-0.2, -0.15) is 0 Å². The number of benzene rings is 2. The van der Waals surface area contributed by atoms with Crippen molar-refractivity contribution in [2.75, 3.05) is 38.8 Å². The number of carbonyl (C=O) groups excluding carboxylic acids is 1. The van der Waals surface area contributed by atoms with Gasteiger partial charge in [-0.1, -0.05) is 12.1 Å². The second-order valence-corrected chi connectivity index (χ2v) is 6.75. The standard InChI is InChI=1S/C21H27N3O4/c1-27-19-7-6-17(13-18(19)25)24-11-3-10-23(21(24)26)14-16-5-4-15(8-9-22)12-20(16)28-2/h4-7,12-13,25H,3,8-11,14,22H2,1-2H3. The molecule has 7 nitrogen and oxygen atoms in total. The summed E-state index contributed by atoms with van der Waals surface area (Å²) in [6.07, 6.45) is 1.63. The molecule has 0 aromatic heterocycles. The van der Waals surface area contributed by atoms with Gasteiger partial charge in [-0.25, -0.2) is 4.79 Å². The van der Waals surface area contributed by atoms with E-state index in [1.165, 1.54) is 7.11 Å². The van der Waals surface area contributed by atoms with Crippen LogP contribution in [0.15, 0.2) is 36.4 Å². The molecular weight excluding hydrogens is 358 g/mol. The number of phenols is 1. The highest BCUT2D eigenvalue weighted by atomic mass is 16.5. The maximum absolute atomic E-state index is 13.0. The van der Waals surface area contributed by atoms with Crippen molar-refractivity contribution in [3.8, 4) is 17.2 Å². The highest BCUT2D eigenvalue weighted by Gasteiger charge is 2.28. The van der Waals surface area contributed by atoms with Gasteiger partial charge in [0.05, 0.1) is 20.8 Å². The first-order valence-corrected chi connectivity index (χ1v) is 9.36. The number of ether oxygens (including phenoxy) is 2. The molecule has 1 aliphatic heterocycles. The van der Waals surface area contributed by atoms with Crippen LogP contribution in [0.4, 0.5) is 10.5 Å². The fourth-order valence-corrected chi connectivity index (χ4v) is 3.46. The van der Waals surface area contributed by atoms with Crippen LogP contribution in [0.2, 0.25) is 0 Å². The van der Waals surface area contributed by atoms with E-state index in [1.807, 2.05) is 18.2 Å². The summed E-state index contributed by atoms with van der Waals surface area (Å²) in [7, 11) is 3.13. The third-order valence-electron chi connectivity index (χ3n) is 4.93. The number of carbonyl (C=O) groups is 1. The Morgan fingerprint density at radius 2 is 1.86 bits per heavy atom. The number of nitrogens with two attached hydrogens (primary N) is 1. The third-order valence-corrected chi connectivity index (χ3v) is 4.93. The van der Waals surface area contributed by atoms with Gasteiger partial charge in [-0.05, 0) is 43.1 Å².